The first kappa shape index (κ1) is 13.7. The van der Waals surface area contributed by atoms with Gasteiger partial charge in [-0.25, -0.2) is 0 Å². The van der Waals surface area contributed by atoms with Crippen molar-refractivity contribution < 1.29 is 5.11 Å². The summed E-state index contributed by atoms with van der Waals surface area (Å²) in [6.07, 6.45) is 6.82. The zero-order valence-corrected chi connectivity index (χ0v) is 9.96. The molecule has 3 N–H and O–H groups in total. The number of hydrogen-bond donors (Lipinski definition) is 2. The second-order valence-electron chi connectivity index (χ2n) is 4.78. The Balaban J connectivity index is 3.93. The van der Waals surface area contributed by atoms with Crippen molar-refractivity contribution in [3.8, 4) is 0 Å². The van der Waals surface area contributed by atoms with Gasteiger partial charge in [0.15, 0.2) is 0 Å². The number of nitrogens with two attached hydrogens (primary N) is 1. The van der Waals surface area contributed by atoms with E-state index in [-0.39, 0.29) is 17.6 Å². The van der Waals surface area contributed by atoms with Crippen molar-refractivity contribution in [2.24, 2.45) is 11.1 Å². The highest BCUT2D eigenvalue weighted by molar-refractivity contribution is 4.97. The minimum absolute atomic E-state index is 0.112. The lowest BCUT2D eigenvalue weighted by Gasteiger charge is -2.29. The fourth-order valence-corrected chi connectivity index (χ4v) is 1.49. The van der Waals surface area contributed by atoms with Crippen LogP contribution in [0.2, 0.25) is 0 Å². The molecule has 0 spiro atoms. The van der Waals surface area contributed by atoms with Crippen molar-refractivity contribution in [1.29, 1.82) is 0 Å². The van der Waals surface area contributed by atoms with Gasteiger partial charge in [0, 0.05) is 6.04 Å². The van der Waals surface area contributed by atoms with Crippen LogP contribution in [0.4, 0.5) is 0 Å². The lowest BCUT2D eigenvalue weighted by atomic mass is 9.80. The summed E-state index contributed by atoms with van der Waals surface area (Å²) in [6, 6.07) is 0.112. The van der Waals surface area contributed by atoms with Gasteiger partial charge in [-0.1, -0.05) is 32.4 Å². The van der Waals surface area contributed by atoms with E-state index >= 15 is 0 Å². The van der Waals surface area contributed by atoms with Crippen LogP contribution < -0.4 is 5.73 Å². The maximum atomic E-state index is 9.15. The molecule has 0 aromatic rings. The molecule has 0 rings (SSSR count). The quantitative estimate of drug-likeness (QED) is 0.645. The molecule has 14 heavy (non-hydrogen) atoms. The highest BCUT2D eigenvalue weighted by Gasteiger charge is 2.23. The molecule has 2 heteroatoms. The maximum Gasteiger partial charge on any atom is 0.0512 e. The van der Waals surface area contributed by atoms with Crippen LogP contribution in [0.25, 0.3) is 0 Å². The molecule has 0 saturated heterocycles. The summed E-state index contributed by atoms with van der Waals surface area (Å²) in [5.74, 6) is 0. The van der Waals surface area contributed by atoms with Gasteiger partial charge in [-0.05, 0) is 32.1 Å². The van der Waals surface area contributed by atoms with Gasteiger partial charge in [-0.2, -0.15) is 0 Å². The van der Waals surface area contributed by atoms with E-state index in [2.05, 4.69) is 13.8 Å². The average molecular weight is 199 g/mol. The third kappa shape index (κ3) is 5.40. The Bertz CT molecular complexity index is 173. The molecule has 0 aliphatic carbocycles. The van der Waals surface area contributed by atoms with E-state index in [1.54, 1.807) is 0 Å². The second kappa shape index (κ2) is 6.20. The van der Waals surface area contributed by atoms with Gasteiger partial charge in [-0.15, -0.1) is 0 Å². The molecule has 0 heterocycles. The van der Waals surface area contributed by atoms with Gasteiger partial charge in [-0.3, -0.25) is 0 Å². The van der Waals surface area contributed by atoms with E-state index < -0.39 is 0 Å². The van der Waals surface area contributed by atoms with Gasteiger partial charge >= 0.3 is 0 Å². The molecule has 0 fully saturated rings. The molecule has 2 nitrogen and oxygen atoms in total. The van der Waals surface area contributed by atoms with Crippen molar-refractivity contribution in [2.75, 3.05) is 0 Å². The fourth-order valence-electron chi connectivity index (χ4n) is 1.49. The van der Waals surface area contributed by atoms with Crippen molar-refractivity contribution >= 4 is 0 Å². The zero-order chi connectivity index (χ0) is 11.2. The first-order chi connectivity index (χ1) is 6.40. The monoisotopic (exact) mass is 199 g/mol. The van der Waals surface area contributed by atoms with Crippen LogP contribution in [0.3, 0.4) is 0 Å². The summed E-state index contributed by atoms with van der Waals surface area (Å²) in [7, 11) is 0. The predicted molar refractivity (Wildman–Crippen MR) is 62.1 cm³/mol. The van der Waals surface area contributed by atoms with Gasteiger partial charge < -0.3 is 10.8 Å². The summed E-state index contributed by atoms with van der Waals surface area (Å²) in [5.41, 5.74) is 6.16. The van der Waals surface area contributed by atoms with E-state index in [1.165, 1.54) is 0 Å². The van der Waals surface area contributed by atoms with Gasteiger partial charge in [0.25, 0.3) is 0 Å². The average Bonchev–Trinajstić information content (AvgIpc) is 2.03. The standard InChI is InChI=1S/C12H25NO/c1-5-7-11(13)12(3,4)9-6-8-10(2)14/h5,7,10-11,14H,6,8-9,13H2,1-4H3/b7-5-. The highest BCUT2D eigenvalue weighted by atomic mass is 16.3. The Kier molecular flexibility index (Phi) is 6.05. The third-order valence-corrected chi connectivity index (χ3v) is 2.75. The maximum absolute atomic E-state index is 9.15. The fraction of sp³-hybridized carbons (Fsp3) is 0.833. The first-order valence-corrected chi connectivity index (χ1v) is 5.46. The molecular weight excluding hydrogens is 174 g/mol. The van der Waals surface area contributed by atoms with Crippen molar-refractivity contribution in [3.05, 3.63) is 12.2 Å². The number of rotatable bonds is 6. The molecule has 0 aliphatic rings. The van der Waals surface area contributed by atoms with Gasteiger partial charge in [0.2, 0.25) is 0 Å². The molecular formula is C12H25NO. The Morgan fingerprint density at radius 1 is 1.43 bits per heavy atom. The Hall–Kier alpha value is -0.340. The van der Waals surface area contributed by atoms with E-state index in [1.807, 2.05) is 26.0 Å². The van der Waals surface area contributed by atoms with Crippen molar-refractivity contribution in [2.45, 2.75) is 59.1 Å². The van der Waals surface area contributed by atoms with Crippen molar-refractivity contribution in [1.82, 2.24) is 0 Å². The van der Waals surface area contributed by atoms with E-state index in [0.717, 1.165) is 19.3 Å². The smallest absolute Gasteiger partial charge is 0.0512 e. The molecule has 0 aromatic carbocycles. The molecule has 0 bridgehead atoms. The van der Waals surface area contributed by atoms with Gasteiger partial charge in [0.1, 0.15) is 0 Å². The minimum atomic E-state index is -0.191. The molecule has 0 saturated carbocycles. The number of allylic oxidation sites excluding steroid dienone is 1. The lowest BCUT2D eigenvalue weighted by Crippen LogP contribution is -2.35. The number of hydrogen-bond acceptors (Lipinski definition) is 2. The van der Waals surface area contributed by atoms with Crippen LogP contribution in [0.1, 0.15) is 47.0 Å². The highest BCUT2D eigenvalue weighted by Crippen LogP contribution is 2.27. The van der Waals surface area contributed by atoms with E-state index in [4.69, 9.17) is 10.8 Å². The van der Waals surface area contributed by atoms with E-state index in [0.29, 0.717) is 0 Å². The van der Waals surface area contributed by atoms with Crippen LogP contribution in [-0.2, 0) is 0 Å². The Morgan fingerprint density at radius 3 is 2.43 bits per heavy atom. The summed E-state index contributed by atoms with van der Waals surface area (Å²) in [5, 5.41) is 9.15. The minimum Gasteiger partial charge on any atom is -0.393 e. The molecule has 2 unspecified atom stereocenters. The topological polar surface area (TPSA) is 46.2 Å². The van der Waals surface area contributed by atoms with E-state index in [9.17, 15) is 0 Å². The normalized spacial score (nSPS) is 17.3. The van der Waals surface area contributed by atoms with Gasteiger partial charge in [0.05, 0.1) is 6.10 Å². The molecule has 0 aliphatic heterocycles. The molecule has 0 radical (unpaired) electrons. The lowest BCUT2D eigenvalue weighted by molar-refractivity contribution is 0.170. The molecule has 0 aromatic heterocycles. The first-order valence-electron chi connectivity index (χ1n) is 5.46. The summed E-state index contributed by atoms with van der Waals surface area (Å²) in [4.78, 5) is 0. The van der Waals surface area contributed by atoms with Crippen LogP contribution in [0.5, 0.6) is 0 Å². The van der Waals surface area contributed by atoms with Crippen LogP contribution in [-0.4, -0.2) is 17.3 Å². The zero-order valence-electron chi connectivity index (χ0n) is 9.96. The third-order valence-electron chi connectivity index (χ3n) is 2.75. The number of aliphatic hydroxyl groups is 1. The summed E-state index contributed by atoms with van der Waals surface area (Å²) < 4.78 is 0. The Labute approximate surface area is 88.2 Å². The summed E-state index contributed by atoms with van der Waals surface area (Å²) >= 11 is 0. The SMILES string of the molecule is C/C=C\C(N)C(C)(C)CCCC(C)O. The largest absolute Gasteiger partial charge is 0.393 e. The summed E-state index contributed by atoms with van der Waals surface area (Å²) in [6.45, 7) is 8.18. The number of aliphatic hydroxyl groups excluding tert-OH is 1. The second-order valence-corrected chi connectivity index (χ2v) is 4.78. The van der Waals surface area contributed by atoms with Crippen LogP contribution in [0, 0.1) is 5.41 Å². The predicted octanol–water partition coefficient (Wildman–Crippen LogP) is 2.47. The van der Waals surface area contributed by atoms with Crippen molar-refractivity contribution in [3.63, 3.8) is 0 Å². The van der Waals surface area contributed by atoms with Crippen LogP contribution >= 0.6 is 0 Å². The van der Waals surface area contributed by atoms with Crippen LogP contribution in [0.15, 0.2) is 12.2 Å². The molecule has 2 atom stereocenters. The molecule has 0 amide bonds. The Morgan fingerprint density at radius 2 is 2.00 bits per heavy atom. The molecule has 84 valence electrons.